The van der Waals surface area contributed by atoms with E-state index in [1.54, 1.807) is 0 Å². The van der Waals surface area contributed by atoms with Crippen molar-refractivity contribution in [2.24, 2.45) is 0 Å². The van der Waals surface area contributed by atoms with Crippen LogP contribution in [0.3, 0.4) is 0 Å². The summed E-state index contributed by atoms with van der Waals surface area (Å²) in [5, 5.41) is 4.34. The summed E-state index contributed by atoms with van der Waals surface area (Å²) in [6.45, 7) is 0. The van der Waals surface area contributed by atoms with E-state index in [1.165, 1.54) is 29.4 Å². The smallest absolute Gasteiger partial charge is 0.129 e. The van der Waals surface area contributed by atoms with E-state index < -0.39 is 0 Å². The number of rotatable bonds is 2. The van der Waals surface area contributed by atoms with E-state index in [2.05, 4.69) is 15.9 Å². The summed E-state index contributed by atoms with van der Waals surface area (Å²) in [5.41, 5.74) is 0. The van der Waals surface area contributed by atoms with Gasteiger partial charge in [0.1, 0.15) is 16.2 Å². The lowest BCUT2D eigenvalue weighted by atomic mass is 10.4. The molecule has 0 unspecified atom stereocenters. The van der Waals surface area contributed by atoms with Gasteiger partial charge in [-0.3, -0.25) is 0 Å². The number of thioether (sulfide) groups is 1. The fourth-order valence-corrected chi connectivity index (χ4v) is 2.98. The normalized spacial score (nSPS) is 10.3. The summed E-state index contributed by atoms with van der Waals surface area (Å²) in [7, 11) is 0. The predicted octanol–water partition coefficient (Wildman–Crippen LogP) is 3.07. The summed E-state index contributed by atoms with van der Waals surface area (Å²) in [6.07, 6.45) is 6.72. The number of hydrogen-bond donors (Lipinski definition) is 0. The van der Waals surface area contributed by atoms with Crippen LogP contribution in [0.15, 0.2) is 16.7 Å². The van der Waals surface area contributed by atoms with Crippen molar-refractivity contribution in [3.8, 4) is 12.3 Å². The molecule has 0 radical (unpaired) electrons. The first-order chi connectivity index (χ1) is 6.83. The van der Waals surface area contributed by atoms with Crippen molar-refractivity contribution in [2.45, 2.75) is 5.03 Å². The summed E-state index contributed by atoms with van der Waals surface area (Å²) in [6, 6.07) is 0. The minimum Gasteiger partial charge on any atom is -0.229 e. The maximum Gasteiger partial charge on any atom is 0.129 e. The number of thiophene rings is 1. The van der Waals surface area contributed by atoms with Crippen LogP contribution in [0, 0.1) is 12.3 Å². The van der Waals surface area contributed by atoms with Crippen molar-refractivity contribution < 1.29 is 0 Å². The molecule has 0 aliphatic carbocycles. The maximum absolute atomic E-state index is 6.02. The Balaban J connectivity index is 2.53. The van der Waals surface area contributed by atoms with Gasteiger partial charge in [0, 0.05) is 5.38 Å². The SMILES string of the molecule is C#CCSc1ncnc2scc(Cl)c12. The number of hydrogen-bond acceptors (Lipinski definition) is 4. The van der Waals surface area contributed by atoms with Crippen LogP contribution in [0.25, 0.3) is 10.2 Å². The van der Waals surface area contributed by atoms with Crippen LogP contribution in [-0.4, -0.2) is 15.7 Å². The molecule has 2 aromatic rings. The molecule has 0 amide bonds. The Morgan fingerprint density at radius 1 is 1.57 bits per heavy atom. The first-order valence-electron chi connectivity index (χ1n) is 3.77. The number of fused-ring (bicyclic) bond motifs is 1. The zero-order chi connectivity index (χ0) is 9.97. The van der Waals surface area contributed by atoms with E-state index in [0.717, 1.165) is 15.2 Å². The van der Waals surface area contributed by atoms with Crippen LogP contribution in [0.5, 0.6) is 0 Å². The van der Waals surface area contributed by atoms with Gasteiger partial charge >= 0.3 is 0 Å². The Morgan fingerprint density at radius 3 is 3.21 bits per heavy atom. The van der Waals surface area contributed by atoms with Gasteiger partial charge in [0.05, 0.1) is 16.2 Å². The standard InChI is InChI=1S/C9H5ClN2S2/c1-2-3-13-8-7-6(10)4-14-9(7)12-5-11-8/h1,4-5H,3H2. The molecule has 2 rings (SSSR count). The molecule has 0 N–H and O–H groups in total. The molecule has 0 aromatic carbocycles. The Kier molecular flexibility index (Phi) is 2.92. The van der Waals surface area contributed by atoms with Crippen LogP contribution in [-0.2, 0) is 0 Å². The zero-order valence-corrected chi connectivity index (χ0v) is 9.42. The molecule has 70 valence electrons. The second-order valence-electron chi connectivity index (χ2n) is 2.44. The molecule has 5 heteroatoms. The van der Waals surface area contributed by atoms with Gasteiger partial charge in [-0.15, -0.1) is 17.8 Å². The number of aromatic nitrogens is 2. The molecule has 0 aliphatic rings. The van der Waals surface area contributed by atoms with Crippen molar-refractivity contribution in [1.29, 1.82) is 0 Å². The minimum absolute atomic E-state index is 0.596. The number of terminal acetylenes is 1. The molecule has 0 saturated carbocycles. The van der Waals surface area contributed by atoms with E-state index in [-0.39, 0.29) is 0 Å². The zero-order valence-electron chi connectivity index (χ0n) is 7.03. The fourth-order valence-electron chi connectivity index (χ4n) is 1.03. The lowest BCUT2D eigenvalue weighted by Gasteiger charge is -1.98. The summed E-state index contributed by atoms with van der Waals surface area (Å²) in [4.78, 5) is 9.19. The summed E-state index contributed by atoms with van der Waals surface area (Å²) >= 11 is 9.04. The molecule has 2 nitrogen and oxygen atoms in total. The lowest BCUT2D eigenvalue weighted by Crippen LogP contribution is -1.84. The highest BCUT2D eigenvalue weighted by atomic mass is 35.5. The van der Waals surface area contributed by atoms with Gasteiger partial charge in [-0.25, -0.2) is 9.97 Å². The van der Waals surface area contributed by atoms with Gasteiger partial charge in [-0.05, 0) is 0 Å². The van der Waals surface area contributed by atoms with Gasteiger partial charge in [-0.1, -0.05) is 29.3 Å². The van der Waals surface area contributed by atoms with Crippen LogP contribution < -0.4 is 0 Å². The highest BCUT2D eigenvalue weighted by Crippen LogP contribution is 2.34. The largest absolute Gasteiger partial charge is 0.229 e. The molecule has 2 aromatic heterocycles. The van der Waals surface area contributed by atoms with Crippen LogP contribution in [0.4, 0.5) is 0 Å². The third kappa shape index (κ3) is 1.71. The third-order valence-electron chi connectivity index (χ3n) is 1.58. The summed E-state index contributed by atoms with van der Waals surface area (Å²) < 4.78 is 0. The molecule has 0 aliphatic heterocycles. The van der Waals surface area contributed by atoms with Crippen molar-refractivity contribution in [2.75, 3.05) is 5.75 Å². The Labute approximate surface area is 94.7 Å². The molecule has 0 atom stereocenters. The Hall–Kier alpha value is -0.760. The average molecular weight is 241 g/mol. The van der Waals surface area contributed by atoms with Crippen molar-refractivity contribution in [3.05, 3.63) is 16.7 Å². The first kappa shape index (κ1) is 9.78. The first-order valence-corrected chi connectivity index (χ1v) is 6.01. The number of halogens is 1. The molecule has 14 heavy (non-hydrogen) atoms. The van der Waals surface area contributed by atoms with Gasteiger partial charge in [0.25, 0.3) is 0 Å². The molecular weight excluding hydrogens is 236 g/mol. The van der Waals surface area contributed by atoms with E-state index in [1.807, 2.05) is 5.38 Å². The molecule has 0 bridgehead atoms. The van der Waals surface area contributed by atoms with Crippen LogP contribution in [0.1, 0.15) is 0 Å². The number of nitrogens with zero attached hydrogens (tertiary/aromatic N) is 2. The van der Waals surface area contributed by atoms with Gasteiger partial charge in [0.2, 0.25) is 0 Å². The van der Waals surface area contributed by atoms with Crippen molar-refractivity contribution >= 4 is 44.9 Å². The average Bonchev–Trinajstić information content (AvgIpc) is 2.58. The van der Waals surface area contributed by atoms with Crippen LogP contribution in [0.2, 0.25) is 5.02 Å². The van der Waals surface area contributed by atoms with E-state index in [9.17, 15) is 0 Å². The van der Waals surface area contributed by atoms with E-state index in [4.69, 9.17) is 18.0 Å². The lowest BCUT2D eigenvalue weighted by molar-refractivity contribution is 1.11. The highest BCUT2D eigenvalue weighted by molar-refractivity contribution is 7.99. The van der Waals surface area contributed by atoms with Gasteiger partial charge < -0.3 is 0 Å². The van der Waals surface area contributed by atoms with E-state index >= 15 is 0 Å². The molecule has 2 heterocycles. The maximum atomic E-state index is 6.02. The fraction of sp³-hybridized carbons (Fsp3) is 0.111. The second-order valence-corrected chi connectivity index (χ2v) is 4.66. The van der Waals surface area contributed by atoms with E-state index in [0.29, 0.717) is 10.8 Å². The molecule has 0 spiro atoms. The van der Waals surface area contributed by atoms with Crippen molar-refractivity contribution in [1.82, 2.24) is 9.97 Å². The van der Waals surface area contributed by atoms with Gasteiger partial charge in [0.15, 0.2) is 0 Å². The minimum atomic E-state index is 0.596. The molecular formula is C9H5ClN2S2. The topological polar surface area (TPSA) is 25.8 Å². The highest BCUT2D eigenvalue weighted by Gasteiger charge is 2.09. The van der Waals surface area contributed by atoms with Gasteiger partial charge in [-0.2, -0.15) is 0 Å². The molecule has 0 fully saturated rings. The second kappa shape index (κ2) is 4.18. The Bertz CT molecular complexity index is 501. The van der Waals surface area contributed by atoms with Crippen LogP contribution >= 0.6 is 34.7 Å². The molecule has 0 saturated heterocycles. The predicted molar refractivity (Wildman–Crippen MR) is 62.0 cm³/mol. The third-order valence-corrected chi connectivity index (χ3v) is 3.79. The van der Waals surface area contributed by atoms with Crippen molar-refractivity contribution in [3.63, 3.8) is 0 Å². The Morgan fingerprint density at radius 2 is 2.43 bits per heavy atom. The monoisotopic (exact) mass is 240 g/mol. The summed E-state index contributed by atoms with van der Waals surface area (Å²) in [5.74, 6) is 3.15. The quantitative estimate of drug-likeness (QED) is 0.458.